The molecule has 0 aliphatic carbocycles. The van der Waals surface area contributed by atoms with Gasteiger partial charge >= 0.3 is 5.97 Å². The number of carbonyl (C=O) groups excluding carboxylic acids is 1. The normalized spacial score (nSPS) is 17.3. The summed E-state index contributed by atoms with van der Waals surface area (Å²) >= 11 is 0. The van der Waals surface area contributed by atoms with Crippen molar-refractivity contribution in [2.24, 2.45) is 0 Å². The first kappa shape index (κ1) is 16.9. The van der Waals surface area contributed by atoms with E-state index in [0.29, 0.717) is 24.5 Å². The number of carboxylic acids is 1. The van der Waals surface area contributed by atoms with Crippen molar-refractivity contribution in [3.8, 4) is 0 Å². The van der Waals surface area contributed by atoms with Gasteiger partial charge in [-0.3, -0.25) is 14.3 Å². The molecular formula is C17H21N5O3. The first-order valence-corrected chi connectivity index (χ1v) is 8.25. The van der Waals surface area contributed by atoms with Crippen molar-refractivity contribution in [3.63, 3.8) is 0 Å². The molecule has 0 aromatic carbocycles. The molecule has 1 saturated heterocycles. The van der Waals surface area contributed by atoms with Crippen LogP contribution in [-0.2, 0) is 11.3 Å². The maximum atomic E-state index is 12.8. The van der Waals surface area contributed by atoms with Crippen LogP contribution in [0.2, 0.25) is 0 Å². The molecule has 25 heavy (non-hydrogen) atoms. The number of hydrogen-bond donors (Lipinski definition) is 2. The molecule has 8 heteroatoms. The van der Waals surface area contributed by atoms with Gasteiger partial charge in [-0.15, -0.1) is 0 Å². The van der Waals surface area contributed by atoms with Crippen LogP contribution in [0.5, 0.6) is 0 Å². The molecule has 2 aromatic heterocycles. The van der Waals surface area contributed by atoms with Crippen LogP contribution >= 0.6 is 0 Å². The summed E-state index contributed by atoms with van der Waals surface area (Å²) in [7, 11) is 1.76. The van der Waals surface area contributed by atoms with Gasteiger partial charge in [0.2, 0.25) is 0 Å². The van der Waals surface area contributed by atoms with Gasteiger partial charge in [-0.1, -0.05) is 0 Å². The molecule has 0 radical (unpaired) electrons. The Morgan fingerprint density at radius 1 is 1.36 bits per heavy atom. The van der Waals surface area contributed by atoms with Crippen molar-refractivity contribution in [1.29, 1.82) is 0 Å². The van der Waals surface area contributed by atoms with Gasteiger partial charge in [0.1, 0.15) is 12.4 Å². The third-order valence-corrected chi connectivity index (χ3v) is 4.42. The fourth-order valence-corrected chi connectivity index (χ4v) is 3.24. The number of rotatable bonds is 5. The predicted molar refractivity (Wildman–Crippen MR) is 91.5 cm³/mol. The lowest BCUT2D eigenvalue weighted by atomic mass is 9.94. The molecule has 3 heterocycles. The highest BCUT2D eigenvalue weighted by atomic mass is 16.4. The number of piperidine rings is 1. The lowest BCUT2D eigenvalue weighted by molar-refractivity contribution is -0.137. The number of hydrogen-bond acceptors (Lipinski definition) is 5. The number of carbonyl (C=O) groups is 2. The zero-order valence-corrected chi connectivity index (χ0v) is 14.1. The van der Waals surface area contributed by atoms with Crippen LogP contribution in [-0.4, -0.2) is 56.8 Å². The minimum absolute atomic E-state index is 0.0344. The summed E-state index contributed by atoms with van der Waals surface area (Å²) < 4.78 is 1.51. The lowest BCUT2D eigenvalue weighted by Gasteiger charge is -2.33. The zero-order valence-electron chi connectivity index (χ0n) is 14.1. The Bertz CT molecular complexity index is 773. The quantitative estimate of drug-likeness (QED) is 0.852. The van der Waals surface area contributed by atoms with E-state index >= 15 is 0 Å². The smallest absolute Gasteiger partial charge is 0.325 e. The van der Waals surface area contributed by atoms with E-state index in [0.717, 1.165) is 18.5 Å². The van der Waals surface area contributed by atoms with Crippen LogP contribution < -0.4 is 5.32 Å². The van der Waals surface area contributed by atoms with Crippen LogP contribution in [0.15, 0.2) is 30.6 Å². The number of nitrogens with one attached hydrogen (secondary N) is 1. The van der Waals surface area contributed by atoms with Crippen molar-refractivity contribution in [1.82, 2.24) is 19.7 Å². The van der Waals surface area contributed by atoms with E-state index in [1.54, 1.807) is 31.6 Å². The summed E-state index contributed by atoms with van der Waals surface area (Å²) in [5.41, 5.74) is 1.46. The third kappa shape index (κ3) is 3.78. The van der Waals surface area contributed by atoms with Crippen molar-refractivity contribution >= 4 is 17.7 Å². The number of likely N-dealkylation sites (tertiary alicyclic amines) is 1. The van der Waals surface area contributed by atoms with Crippen LogP contribution in [0, 0.1) is 0 Å². The number of carboxylic acid groups (broad SMARTS) is 1. The van der Waals surface area contributed by atoms with E-state index in [1.807, 2.05) is 11.0 Å². The molecular weight excluding hydrogens is 322 g/mol. The number of anilines is 1. The molecule has 132 valence electrons. The molecule has 1 amide bonds. The van der Waals surface area contributed by atoms with Crippen molar-refractivity contribution in [2.75, 3.05) is 25.5 Å². The molecule has 3 rings (SSSR count). The fourth-order valence-electron chi connectivity index (χ4n) is 3.24. The maximum Gasteiger partial charge on any atom is 0.325 e. The largest absolute Gasteiger partial charge is 0.480 e. The van der Waals surface area contributed by atoms with E-state index < -0.39 is 5.97 Å². The molecule has 1 atom stereocenters. The summed E-state index contributed by atoms with van der Waals surface area (Å²) in [6, 6.07) is 5.29. The lowest BCUT2D eigenvalue weighted by Crippen LogP contribution is -2.39. The van der Waals surface area contributed by atoms with Gasteiger partial charge in [0, 0.05) is 49.7 Å². The van der Waals surface area contributed by atoms with Gasteiger partial charge in [-0.2, -0.15) is 5.10 Å². The fraction of sp³-hybridized carbons (Fsp3) is 0.412. The van der Waals surface area contributed by atoms with E-state index in [4.69, 9.17) is 5.11 Å². The molecule has 0 spiro atoms. The first-order chi connectivity index (χ1) is 12.1. The second-order valence-electron chi connectivity index (χ2n) is 6.08. The first-order valence-electron chi connectivity index (χ1n) is 8.25. The van der Waals surface area contributed by atoms with Gasteiger partial charge in [0.25, 0.3) is 5.91 Å². The molecule has 1 aliphatic heterocycles. The van der Waals surface area contributed by atoms with Gasteiger partial charge in [-0.05, 0) is 31.0 Å². The Labute approximate surface area is 145 Å². The van der Waals surface area contributed by atoms with Crippen LogP contribution in [0.4, 0.5) is 5.82 Å². The second kappa shape index (κ2) is 7.33. The van der Waals surface area contributed by atoms with Crippen LogP contribution in [0.1, 0.15) is 34.8 Å². The molecule has 0 unspecified atom stereocenters. The summed E-state index contributed by atoms with van der Waals surface area (Å²) in [6.45, 7) is 1.09. The number of amides is 1. The molecule has 2 N–H and O–H groups in total. The minimum Gasteiger partial charge on any atom is -0.480 e. The molecule has 2 aromatic rings. The Morgan fingerprint density at radius 3 is 2.96 bits per heavy atom. The minimum atomic E-state index is -0.926. The molecule has 8 nitrogen and oxygen atoms in total. The van der Waals surface area contributed by atoms with Gasteiger partial charge in [0.15, 0.2) is 0 Å². The predicted octanol–water partition coefficient (Wildman–Crippen LogP) is 1.42. The Balaban J connectivity index is 1.76. The highest BCUT2D eigenvalue weighted by molar-refractivity contribution is 5.95. The summed E-state index contributed by atoms with van der Waals surface area (Å²) in [4.78, 5) is 29.7. The van der Waals surface area contributed by atoms with Crippen LogP contribution in [0.3, 0.4) is 0 Å². The average Bonchev–Trinajstić information content (AvgIpc) is 3.08. The monoisotopic (exact) mass is 343 g/mol. The molecule has 1 aliphatic rings. The molecule has 0 bridgehead atoms. The topological polar surface area (TPSA) is 100 Å². The van der Waals surface area contributed by atoms with E-state index in [9.17, 15) is 9.59 Å². The van der Waals surface area contributed by atoms with E-state index in [-0.39, 0.29) is 18.4 Å². The van der Waals surface area contributed by atoms with E-state index in [1.165, 1.54) is 4.68 Å². The van der Waals surface area contributed by atoms with E-state index in [2.05, 4.69) is 15.4 Å². The zero-order chi connectivity index (χ0) is 17.8. The van der Waals surface area contributed by atoms with Crippen molar-refractivity contribution < 1.29 is 14.7 Å². The SMILES string of the molecule is CNc1cc(C(=O)N2CCC[C@@H](c3ccnn3CC(=O)O)C2)ccn1. The Morgan fingerprint density at radius 2 is 2.20 bits per heavy atom. The molecule has 1 fully saturated rings. The Kier molecular flexibility index (Phi) is 4.97. The van der Waals surface area contributed by atoms with Gasteiger partial charge in [-0.25, -0.2) is 4.98 Å². The highest BCUT2D eigenvalue weighted by Gasteiger charge is 2.28. The maximum absolute atomic E-state index is 12.8. The number of aliphatic carboxylic acids is 1. The molecule has 0 saturated carbocycles. The highest BCUT2D eigenvalue weighted by Crippen LogP contribution is 2.27. The summed E-state index contributed by atoms with van der Waals surface area (Å²) in [6.07, 6.45) is 5.01. The number of aromatic nitrogens is 3. The summed E-state index contributed by atoms with van der Waals surface area (Å²) in [5, 5.41) is 16.0. The number of pyridine rings is 1. The second-order valence-corrected chi connectivity index (χ2v) is 6.08. The average molecular weight is 343 g/mol. The third-order valence-electron chi connectivity index (χ3n) is 4.42. The van der Waals surface area contributed by atoms with Gasteiger partial charge < -0.3 is 15.3 Å². The van der Waals surface area contributed by atoms with Crippen molar-refractivity contribution in [2.45, 2.75) is 25.3 Å². The number of nitrogens with zero attached hydrogens (tertiary/aromatic N) is 4. The standard InChI is InChI=1S/C17H21N5O3/c1-18-15-9-12(4-6-19-15)17(25)21-8-2-3-13(10-21)14-5-7-20-22(14)11-16(23)24/h4-7,9,13H,2-3,8,10-11H2,1H3,(H,18,19)(H,23,24)/t13-/m1/s1. The van der Waals surface area contributed by atoms with Crippen LogP contribution in [0.25, 0.3) is 0 Å². The van der Waals surface area contributed by atoms with Gasteiger partial charge in [0.05, 0.1) is 0 Å². The summed E-state index contributed by atoms with van der Waals surface area (Å²) in [5.74, 6) is -0.220. The van der Waals surface area contributed by atoms with Crippen molar-refractivity contribution in [3.05, 3.63) is 41.9 Å². The Hall–Kier alpha value is -2.90.